The van der Waals surface area contributed by atoms with Crippen LogP contribution in [-0.4, -0.2) is 19.8 Å². The van der Waals surface area contributed by atoms with Gasteiger partial charge in [-0.2, -0.15) is 8.42 Å². The molecule has 0 radical (unpaired) electrons. The number of fused-ring (bicyclic) bond motifs is 1. The summed E-state index contributed by atoms with van der Waals surface area (Å²) in [6.45, 7) is 2.00. The van der Waals surface area contributed by atoms with Crippen molar-refractivity contribution in [3.8, 4) is 0 Å². The molecule has 0 saturated heterocycles. The van der Waals surface area contributed by atoms with Gasteiger partial charge in [0.1, 0.15) is 6.79 Å². The van der Waals surface area contributed by atoms with Gasteiger partial charge in [0, 0.05) is 0 Å². The van der Waals surface area contributed by atoms with E-state index < -0.39 is 10.1 Å². The maximum absolute atomic E-state index is 10.8. The van der Waals surface area contributed by atoms with Crippen LogP contribution in [-0.2, 0) is 14.9 Å². The smallest absolute Gasteiger partial charge is 0.294 e. The van der Waals surface area contributed by atoms with Gasteiger partial charge in [0.25, 0.3) is 10.1 Å². The number of rotatable bonds is 1. The van der Waals surface area contributed by atoms with Crippen LogP contribution in [0, 0.1) is 0 Å². The summed E-state index contributed by atoms with van der Waals surface area (Å²) in [4.78, 5) is 7.93. The van der Waals surface area contributed by atoms with Gasteiger partial charge in [-0.3, -0.25) is 4.55 Å². The van der Waals surface area contributed by atoms with Gasteiger partial charge in [-0.05, 0) is 22.9 Å². The molecule has 4 N–H and O–H groups in total. The first-order chi connectivity index (χ1) is 7.57. The quantitative estimate of drug-likeness (QED) is 0.758. The molecular weight excluding hydrogens is 242 g/mol. The van der Waals surface area contributed by atoms with Crippen LogP contribution in [0.4, 0.5) is 0 Å². The van der Waals surface area contributed by atoms with Crippen LogP contribution in [0.25, 0.3) is 10.8 Å². The summed E-state index contributed by atoms with van der Waals surface area (Å²) in [5.74, 6) is 0. The van der Waals surface area contributed by atoms with Crippen LogP contribution in [0.2, 0.25) is 0 Å². The first-order valence-electron chi connectivity index (χ1n) is 4.32. The fourth-order valence-corrected chi connectivity index (χ4v) is 1.84. The molecule has 0 fully saturated rings. The maximum Gasteiger partial charge on any atom is 0.294 e. The Hall–Kier alpha value is -1.76. The van der Waals surface area contributed by atoms with E-state index in [4.69, 9.17) is 9.35 Å². The summed E-state index contributed by atoms with van der Waals surface area (Å²) < 4.78 is 30.5. The van der Waals surface area contributed by atoms with E-state index in [0.717, 1.165) is 10.8 Å². The molecule has 0 heterocycles. The molecule has 6 heteroatoms. The number of benzene rings is 2. The lowest BCUT2D eigenvalue weighted by Crippen LogP contribution is -1.97. The van der Waals surface area contributed by atoms with E-state index in [1.54, 1.807) is 12.1 Å². The molecule has 0 aromatic heterocycles. The Morgan fingerprint density at radius 1 is 0.941 bits per heavy atom. The van der Waals surface area contributed by atoms with Crippen molar-refractivity contribution in [1.82, 2.24) is 6.15 Å². The minimum absolute atomic E-state index is 0. The molecule has 0 amide bonds. The zero-order valence-electron chi connectivity index (χ0n) is 9.04. The third-order valence-electron chi connectivity index (χ3n) is 2.02. The van der Waals surface area contributed by atoms with Gasteiger partial charge in [-0.1, -0.05) is 30.3 Å². The molecule has 0 unspecified atom stereocenters. The Labute approximate surface area is 99.4 Å². The second kappa shape index (κ2) is 6.09. The third-order valence-corrected chi connectivity index (χ3v) is 2.87. The fraction of sp³-hybridized carbons (Fsp3) is 0. The third kappa shape index (κ3) is 3.63. The number of carbonyl (C=O) groups excluding carboxylic acids is 1. The largest absolute Gasteiger partial charge is 0.344 e. The Morgan fingerprint density at radius 2 is 1.47 bits per heavy atom. The molecule has 0 saturated carbocycles. The Balaban J connectivity index is 0.000000811. The predicted molar refractivity (Wildman–Crippen MR) is 65.9 cm³/mol. The highest BCUT2D eigenvalue weighted by atomic mass is 32.2. The van der Waals surface area contributed by atoms with E-state index in [1.807, 2.05) is 25.0 Å². The van der Waals surface area contributed by atoms with Gasteiger partial charge < -0.3 is 10.9 Å². The fourth-order valence-electron chi connectivity index (χ4n) is 1.33. The Morgan fingerprint density at radius 3 is 2.00 bits per heavy atom. The molecule has 92 valence electrons. The second-order valence-electron chi connectivity index (χ2n) is 2.98. The van der Waals surface area contributed by atoms with Gasteiger partial charge in [-0.15, -0.1) is 0 Å². The molecule has 0 spiro atoms. The van der Waals surface area contributed by atoms with E-state index in [9.17, 15) is 8.42 Å². The molecule has 0 aliphatic carbocycles. The van der Waals surface area contributed by atoms with Crippen LogP contribution in [0.1, 0.15) is 0 Å². The Kier molecular flexibility index (Phi) is 5.46. The topological polar surface area (TPSA) is 106 Å². The molecule has 0 aliphatic heterocycles. The lowest BCUT2D eigenvalue weighted by Gasteiger charge is -1.99. The summed E-state index contributed by atoms with van der Waals surface area (Å²) in [5.41, 5.74) is 0. The van der Waals surface area contributed by atoms with Gasteiger partial charge in [0.15, 0.2) is 0 Å². The summed E-state index contributed by atoms with van der Waals surface area (Å²) in [6, 6.07) is 11.9. The van der Waals surface area contributed by atoms with Gasteiger partial charge in [-0.25, -0.2) is 0 Å². The highest BCUT2D eigenvalue weighted by Crippen LogP contribution is 2.18. The molecule has 2 rings (SSSR count). The second-order valence-corrected chi connectivity index (χ2v) is 4.41. The Bertz CT molecular complexity index is 595. The monoisotopic (exact) mass is 255 g/mol. The predicted octanol–water partition coefficient (Wildman–Crippen LogP) is 2.06. The van der Waals surface area contributed by atoms with Crippen molar-refractivity contribution in [3.05, 3.63) is 42.5 Å². The van der Waals surface area contributed by atoms with E-state index >= 15 is 0 Å². The standard InChI is InChI=1S/C10H8O3S.CH2O.H3N/c11-14(12,13)10-6-5-8-3-1-2-4-9(8)7-10;1-2;/h1-7H,(H,11,12,13);1H2;1H3. The maximum atomic E-state index is 10.8. The first kappa shape index (κ1) is 15.2. The SMILES string of the molecule is C=O.N.O=S(=O)(O)c1ccc2ccccc2c1. The molecule has 0 bridgehead atoms. The van der Waals surface area contributed by atoms with Crippen molar-refractivity contribution in [3.63, 3.8) is 0 Å². The van der Waals surface area contributed by atoms with Crippen LogP contribution < -0.4 is 6.15 Å². The molecule has 0 aliphatic rings. The van der Waals surface area contributed by atoms with E-state index in [-0.39, 0.29) is 11.0 Å². The lowest BCUT2D eigenvalue weighted by atomic mass is 10.1. The van der Waals surface area contributed by atoms with E-state index in [1.165, 1.54) is 12.1 Å². The highest BCUT2D eigenvalue weighted by molar-refractivity contribution is 7.85. The van der Waals surface area contributed by atoms with Crippen LogP contribution in [0.3, 0.4) is 0 Å². The molecule has 2 aromatic rings. The van der Waals surface area contributed by atoms with Crippen LogP contribution in [0.15, 0.2) is 47.4 Å². The lowest BCUT2D eigenvalue weighted by molar-refractivity contribution is -0.0979. The molecular formula is C11H13NO4S. The number of hydrogen-bond acceptors (Lipinski definition) is 4. The molecule has 17 heavy (non-hydrogen) atoms. The van der Waals surface area contributed by atoms with Gasteiger partial charge >= 0.3 is 0 Å². The van der Waals surface area contributed by atoms with E-state index in [0.29, 0.717) is 0 Å². The summed E-state index contributed by atoms with van der Waals surface area (Å²) >= 11 is 0. The van der Waals surface area contributed by atoms with Gasteiger partial charge in [0.2, 0.25) is 0 Å². The zero-order chi connectivity index (χ0) is 12.2. The van der Waals surface area contributed by atoms with Crippen LogP contribution in [0.5, 0.6) is 0 Å². The van der Waals surface area contributed by atoms with Crippen molar-refractivity contribution >= 4 is 27.7 Å². The van der Waals surface area contributed by atoms with Crippen molar-refractivity contribution in [2.75, 3.05) is 0 Å². The summed E-state index contributed by atoms with van der Waals surface area (Å²) in [5, 5.41) is 1.74. The van der Waals surface area contributed by atoms with Crippen molar-refractivity contribution < 1.29 is 17.8 Å². The average Bonchev–Trinajstić information content (AvgIpc) is 2.30. The average molecular weight is 255 g/mol. The molecule has 0 atom stereocenters. The molecule has 5 nitrogen and oxygen atoms in total. The van der Waals surface area contributed by atoms with E-state index in [2.05, 4.69) is 0 Å². The summed E-state index contributed by atoms with van der Waals surface area (Å²) in [7, 11) is -4.09. The minimum Gasteiger partial charge on any atom is -0.344 e. The number of carbonyl (C=O) groups is 1. The highest BCUT2D eigenvalue weighted by Gasteiger charge is 2.08. The van der Waals surface area contributed by atoms with Crippen molar-refractivity contribution in [2.24, 2.45) is 0 Å². The summed E-state index contributed by atoms with van der Waals surface area (Å²) in [6.07, 6.45) is 0. The first-order valence-corrected chi connectivity index (χ1v) is 5.76. The number of hydrogen-bond donors (Lipinski definition) is 2. The normalized spacial score (nSPS) is 9.94. The van der Waals surface area contributed by atoms with Gasteiger partial charge in [0.05, 0.1) is 4.90 Å². The van der Waals surface area contributed by atoms with Crippen molar-refractivity contribution in [1.29, 1.82) is 0 Å². The zero-order valence-corrected chi connectivity index (χ0v) is 9.85. The molecule has 2 aromatic carbocycles. The van der Waals surface area contributed by atoms with Crippen LogP contribution >= 0.6 is 0 Å². The van der Waals surface area contributed by atoms with Crippen molar-refractivity contribution in [2.45, 2.75) is 4.90 Å². The minimum atomic E-state index is -4.09.